The average molecular weight is 512 g/mol. The molecule has 0 N–H and O–H groups in total. The van der Waals surface area contributed by atoms with Crippen molar-refractivity contribution in [3.63, 3.8) is 0 Å². The minimum absolute atomic E-state index is 0.844. The molecule has 0 spiro atoms. The molecule has 186 valence electrons. The highest BCUT2D eigenvalue weighted by atomic mass is 15.1. The Kier molecular flexibility index (Phi) is 4.27. The summed E-state index contributed by atoms with van der Waals surface area (Å²) in [5, 5.41) is 5.87. The quantitative estimate of drug-likeness (QED) is 0.219. The van der Waals surface area contributed by atoms with Crippen LogP contribution in [0.25, 0.3) is 77.4 Å². The maximum Gasteiger partial charge on any atom is 0.146 e. The molecule has 0 amide bonds. The fourth-order valence-corrected chi connectivity index (χ4v) is 6.29. The van der Waals surface area contributed by atoms with Crippen LogP contribution in [-0.2, 0) is 0 Å². The van der Waals surface area contributed by atoms with Gasteiger partial charge in [-0.1, -0.05) is 66.7 Å². The molecule has 0 radical (unpaired) electrons. The summed E-state index contributed by atoms with van der Waals surface area (Å²) in [6.07, 6.45) is 1.81. The van der Waals surface area contributed by atoms with Crippen molar-refractivity contribution in [1.82, 2.24) is 23.9 Å². The molecule has 0 aliphatic rings. The van der Waals surface area contributed by atoms with E-state index in [9.17, 15) is 0 Å². The number of pyridine rings is 3. The molecule has 0 saturated carbocycles. The number of para-hydroxylation sites is 4. The van der Waals surface area contributed by atoms with Crippen LogP contribution in [0.3, 0.4) is 0 Å². The van der Waals surface area contributed by atoms with Crippen LogP contribution in [0, 0.1) is 0 Å². The Labute approximate surface area is 228 Å². The number of nitrogens with zero attached hydrogens (tertiary/aromatic N) is 5. The van der Waals surface area contributed by atoms with Crippen molar-refractivity contribution in [2.45, 2.75) is 0 Å². The lowest BCUT2D eigenvalue weighted by atomic mass is 10.0. The molecule has 0 bridgehead atoms. The summed E-state index contributed by atoms with van der Waals surface area (Å²) in [5.74, 6) is 0.860. The summed E-state index contributed by atoms with van der Waals surface area (Å²) < 4.78 is 4.61. The molecule has 0 fully saturated rings. The normalized spacial score (nSPS) is 12.0. The fraction of sp³-hybridized carbons (Fsp3) is 0. The Morgan fingerprint density at radius 1 is 0.475 bits per heavy atom. The average Bonchev–Trinajstić information content (AvgIpc) is 3.58. The van der Waals surface area contributed by atoms with Crippen molar-refractivity contribution in [3.05, 3.63) is 128 Å². The molecule has 0 aliphatic carbocycles. The third kappa shape index (κ3) is 2.83. The first-order chi connectivity index (χ1) is 19.9. The van der Waals surface area contributed by atoms with Gasteiger partial charge in [-0.15, -0.1) is 0 Å². The van der Waals surface area contributed by atoms with Crippen molar-refractivity contribution < 1.29 is 0 Å². The minimum Gasteiger partial charge on any atom is -0.293 e. The Hall–Kier alpha value is -5.55. The summed E-state index contributed by atoms with van der Waals surface area (Å²) in [4.78, 5) is 14.8. The first-order valence-electron chi connectivity index (χ1n) is 13.4. The highest BCUT2D eigenvalue weighted by Crippen LogP contribution is 2.41. The number of hydrogen-bond acceptors (Lipinski definition) is 3. The molecule has 40 heavy (non-hydrogen) atoms. The van der Waals surface area contributed by atoms with Crippen LogP contribution in [0.2, 0.25) is 0 Å². The Morgan fingerprint density at radius 2 is 1.20 bits per heavy atom. The van der Waals surface area contributed by atoms with E-state index in [0.717, 1.165) is 55.8 Å². The molecule has 4 aromatic carbocycles. The first kappa shape index (κ1) is 21.4. The van der Waals surface area contributed by atoms with Gasteiger partial charge < -0.3 is 0 Å². The number of rotatable bonds is 2. The molecule has 5 heterocycles. The van der Waals surface area contributed by atoms with E-state index in [2.05, 4.69) is 111 Å². The molecule has 5 aromatic heterocycles. The van der Waals surface area contributed by atoms with Gasteiger partial charge in [-0.05, 0) is 54.6 Å². The van der Waals surface area contributed by atoms with Gasteiger partial charge in [-0.3, -0.25) is 14.0 Å². The summed E-state index contributed by atoms with van der Waals surface area (Å²) >= 11 is 0. The zero-order valence-electron chi connectivity index (χ0n) is 21.4. The number of imidazole rings is 1. The lowest BCUT2D eigenvalue weighted by Crippen LogP contribution is -2.00. The summed E-state index contributed by atoms with van der Waals surface area (Å²) in [6.45, 7) is 0. The Bertz CT molecular complexity index is 2430. The number of benzene rings is 4. The molecule has 0 unspecified atom stereocenters. The lowest BCUT2D eigenvalue weighted by Gasteiger charge is -2.13. The van der Waals surface area contributed by atoms with Crippen LogP contribution in [0.5, 0.6) is 0 Å². The van der Waals surface area contributed by atoms with Gasteiger partial charge in [0.2, 0.25) is 0 Å². The van der Waals surface area contributed by atoms with E-state index >= 15 is 0 Å². The maximum atomic E-state index is 5.15. The van der Waals surface area contributed by atoms with Gasteiger partial charge in [0.15, 0.2) is 0 Å². The second-order valence-corrected chi connectivity index (χ2v) is 10.1. The highest BCUT2D eigenvalue weighted by molar-refractivity contribution is 6.27. The van der Waals surface area contributed by atoms with Crippen LogP contribution in [0.15, 0.2) is 128 Å². The van der Waals surface area contributed by atoms with Crippen LogP contribution in [-0.4, -0.2) is 23.9 Å². The van der Waals surface area contributed by atoms with E-state index in [1.807, 2.05) is 30.5 Å². The van der Waals surface area contributed by atoms with E-state index in [0.29, 0.717) is 0 Å². The standard InChI is InChI=1S/C35H21N5/c1-4-15-29-22(10-1)23-19-20-25-33(34(23)40(29)32-18-9-14-27(37-32)26-12-7-8-21-36-26)24-11-2-5-16-30(24)39-31-17-6-3-13-28(31)38-35(25)39/h1-21H. The van der Waals surface area contributed by atoms with Crippen molar-refractivity contribution in [3.8, 4) is 17.2 Å². The predicted molar refractivity (Wildman–Crippen MR) is 163 cm³/mol. The van der Waals surface area contributed by atoms with Gasteiger partial charge in [0.1, 0.15) is 11.5 Å². The minimum atomic E-state index is 0.844. The highest BCUT2D eigenvalue weighted by Gasteiger charge is 2.21. The zero-order chi connectivity index (χ0) is 26.2. The molecule has 5 nitrogen and oxygen atoms in total. The number of hydrogen-bond donors (Lipinski definition) is 0. The topological polar surface area (TPSA) is 48.0 Å². The van der Waals surface area contributed by atoms with Crippen molar-refractivity contribution >= 4 is 60.2 Å². The molecule has 5 heteroatoms. The van der Waals surface area contributed by atoms with Crippen LogP contribution < -0.4 is 0 Å². The van der Waals surface area contributed by atoms with Gasteiger partial charge in [-0.2, -0.15) is 0 Å². The van der Waals surface area contributed by atoms with Crippen molar-refractivity contribution in [2.24, 2.45) is 0 Å². The van der Waals surface area contributed by atoms with Crippen molar-refractivity contribution in [1.29, 1.82) is 0 Å². The van der Waals surface area contributed by atoms with E-state index in [1.165, 1.54) is 21.5 Å². The van der Waals surface area contributed by atoms with Crippen LogP contribution in [0.1, 0.15) is 0 Å². The molecular formula is C35H21N5. The van der Waals surface area contributed by atoms with Gasteiger partial charge >= 0.3 is 0 Å². The first-order valence-corrected chi connectivity index (χ1v) is 13.4. The van der Waals surface area contributed by atoms with E-state index in [-0.39, 0.29) is 0 Å². The third-order valence-corrected chi connectivity index (χ3v) is 7.94. The number of fused-ring (bicyclic) bond motifs is 12. The lowest BCUT2D eigenvalue weighted by molar-refractivity contribution is 1.08. The van der Waals surface area contributed by atoms with Gasteiger partial charge in [0.25, 0.3) is 0 Å². The smallest absolute Gasteiger partial charge is 0.146 e. The molecule has 9 rings (SSSR count). The Balaban J connectivity index is 1.51. The van der Waals surface area contributed by atoms with E-state index < -0.39 is 0 Å². The zero-order valence-corrected chi connectivity index (χ0v) is 21.4. The molecule has 9 aromatic rings. The van der Waals surface area contributed by atoms with Crippen LogP contribution in [0.4, 0.5) is 0 Å². The molecule has 0 atom stereocenters. The van der Waals surface area contributed by atoms with Gasteiger partial charge in [-0.25, -0.2) is 9.97 Å². The molecular weight excluding hydrogens is 490 g/mol. The van der Waals surface area contributed by atoms with Crippen molar-refractivity contribution in [2.75, 3.05) is 0 Å². The third-order valence-electron chi connectivity index (χ3n) is 7.94. The summed E-state index contributed by atoms with van der Waals surface area (Å²) in [6, 6.07) is 42.2. The monoisotopic (exact) mass is 511 g/mol. The van der Waals surface area contributed by atoms with Gasteiger partial charge in [0, 0.05) is 33.1 Å². The number of aromatic nitrogens is 5. The SMILES string of the molecule is c1ccc(-c2cccc(-n3c4ccccc4c4ccc5c(c6ccccc6n6c7ccccc7nc56)c43)n2)nc1. The molecule has 0 saturated heterocycles. The second kappa shape index (κ2) is 7.98. The summed E-state index contributed by atoms with van der Waals surface area (Å²) in [5.41, 5.74) is 8.15. The summed E-state index contributed by atoms with van der Waals surface area (Å²) in [7, 11) is 0. The Morgan fingerprint density at radius 3 is 2.08 bits per heavy atom. The van der Waals surface area contributed by atoms with E-state index in [4.69, 9.17) is 9.97 Å². The fourth-order valence-electron chi connectivity index (χ4n) is 6.29. The van der Waals surface area contributed by atoms with E-state index in [1.54, 1.807) is 0 Å². The van der Waals surface area contributed by atoms with Crippen LogP contribution >= 0.6 is 0 Å². The second-order valence-electron chi connectivity index (χ2n) is 10.1. The maximum absolute atomic E-state index is 5.15. The predicted octanol–water partition coefficient (Wildman–Crippen LogP) is 8.35. The molecule has 0 aliphatic heterocycles. The largest absolute Gasteiger partial charge is 0.293 e. The van der Waals surface area contributed by atoms with Gasteiger partial charge in [0.05, 0.1) is 39.0 Å².